The summed E-state index contributed by atoms with van der Waals surface area (Å²) in [5, 5.41) is 14.8. The van der Waals surface area contributed by atoms with Crippen LogP contribution in [0.15, 0.2) is 77.6 Å². The van der Waals surface area contributed by atoms with Gasteiger partial charge in [-0.05, 0) is 37.9 Å². The van der Waals surface area contributed by atoms with Crippen molar-refractivity contribution in [3.63, 3.8) is 0 Å². The van der Waals surface area contributed by atoms with Gasteiger partial charge in [-0.15, -0.1) is 0 Å². The number of likely N-dealkylation sites (N-methyl/N-ethyl adjacent to an activating group) is 1. The van der Waals surface area contributed by atoms with E-state index in [1.807, 2.05) is 72.8 Å². The van der Waals surface area contributed by atoms with Gasteiger partial charge in [0, 0.05) is 42.7 Å². The van der Waals surface area contributed by atoms with Gasteiger partial charge >= 0.3 is 6.01 Å². The van der Waals surface area contributed by atoms with Crippen LogP contribution in [0.5, 0.6) is 6.01 Å². The fraction of sp³-hybridized carbons (Fsp3) is 0.324. The van der Waals surface area contributed by atoms with Crippen LogP contribution in [0.3, 0.4) is 0 Å². The van der Waals surface area contributed by atoms with E-state index in [9.17, 15) is 10.1 Å². The Morgan fingerprint density at radius 2 is 1.80 bits per heavy atom. The number of benzene rings is 3. The van der Waals surface area contributed by atoms with Crippen LogP contribution in [0.1, 0.15) is 19.3 Å². The number of nitriles is 1. The van der Waals surface area contributed by atoms with Crippen molar-refractivity contribution in [2.75, 3.05) is 44.7 Å². The summed E-state index contributed by atoms with van der Waals surface area (Å²) in [5.41, 5.74) is 1.87. The Bertz CT molecular complexity index is 1910. The number of rotatable bonds is 7. The van der Waals surface area contributed by atoms with Crippen LogP contribution in [0, 0.1) is 11.3 Å². The lowest BCUT2D eigenvalue weighted by Gasteiger charge is -2.34. The fourth-order valence-electron chi connectivity index (χ4n) is 6.35. The maximum Gasteiger partial charge on any atom is 0.319 e. The maximum absolute atomic E-state index is 14.7. The lowest BCUT2D eigenvalue weighted by molar-refractivity contribution is 0.188. The van der Waals surface area contributed by atoms with Crippen molar-refractivity contribution in [1.82, 2.24) is 29.7 Å². The molecule has 2 aromatic heterocycles. The van der Waals surface area contributed by atoms with Crippen molar-refractivity contribution in [3.8, 4) is 29.2 Å². The quantitative estimate of drug-likeness (QED) is 0.300. The van der Waals surface area contributed by atoms with Gasteiger partial charge < -0.3 is 19.9 Å². The molecule has 0 spiro atoms. The Kier molecular flexibility index (Phi) is 7.64. The highest BCUT2D eigenvalue weighted by Crippen LogP contribution is 2.31. The second-order valence-electron chi connectivity index (χ2n) is 11.5. The minimum Gasteiger partial charge on any atom is -0.462 e. The number of aromatic nitrogens is 4. The lowest BCUT2D eigenvalue weighted by Crippen LogP contribution is -2.51. The van der Waals surface area contributed by atoms with E-state index in [0.29, 0.717) is 49.8 Å². The van der Waals surface area contributed by atoms with E-state index in [1.165, 1.54) is 0 Å². The summed E-state index contributed by atoms with van der Waals surface area (Å²) >= 11 is 0. The number of hydrogen-bond donors (Lipinski definition) is 1. The molecule has 7 rings (SSSR count). The molecule has 10 nitrogen and oxygen atoms in total. The predicted molar refractivity (Wildman–Crippen MR) is 171 cm³/mol. The Hall–Kier alpha value is -4.85. The van der Waals surface area contributed by atoms with Crippen LogP contribution in [0.2, 0.25) is 0 Å². The number of ether oxygens (including phenoxy) is 1. The number of likely N-dealkylation sites (tertiary alicyclic amines) is 1. The molecule has 0 saturated carbocycles. The summed E-state index contributed by atoms with van der Waals surface area (Å²) in [5.74, 6) is 1.06. The van der Waals surface area contributed by atoms with Crippen molar-refractivity contribution in [2.24, 2.45) is 0 Å². The lowest BCUT2D eigenvalue weighted by atomic mass is 10.1. The first-order valence-electron chi connectivity index (χ1n) is 15.2. The molecule has 1 N–H and O–H groups in total. The van der Waals surface area contributed by atoms with E-state index >= 15 is 0 Å². The third-order valence-electron chi connectivity index (χ3n) is 8.69. The van der Waals surface area contributed by atoms with Crippen LogP contribution < -0.4 is 20.5 Å². The smallest absolute Gasteiger partial charge is 0.319 e. The van der Waals surface area contributed by atoms with Crippen molar-refractivity contribution in [3.05, 3.63) is 83.2 Å². The highest BCUT2D eigenvalue weighted by molar-refractivity contribution is 5.92. The zero-order valence-corrected chi connectivity index (χ0v) is 24.7. The Balaban J connectivity index is 1.46. The highest BCUT2D eigenvalue weighted by atomic mass is 16.5. The van der Waals surface area contributed by atoms with Gasteiger partial charge in [-0.1, -0.05) is 66.7 Å². The van der Waals surface area contributed by atoms with Gasteiger partial charge in [-0.2, -0.15) is 15.2 Å². The number of piperazine rings is 1. The number of nitrogens with zero attached hydrogens (tertiary/aromatic N) is 7. The largest absolute Gasteiger partial charge is 0.462 e. The minimum atomic E-state index is -0.291. The summed E-state index contributed by atoms with van der Waals surface area (Å²) in [4.78, 5) is 33.9. The Morgan fingerprint density at radius 3 is 2.61 bits per heavy atom. The Morgan fingerprint density at radius 1 is 0.977 bits per heavy atom. The van der Waals surface area contributed by atoms with Crippen LogP contribution in [0.25, 0.3) is 38.9 Å². The molecule has 0 bridgehead atoms. The molecule has 0 aliphatic carbocycles. The molecule has 2 fully saturated rings. The number of hydrogen-bond acceptors (Lipinski definition) is 9. The first kappa shape index (κ1) is 28.0. The molecule has 1 unspecified atom stereocenters. The molecular formula is C34H34N8O2. The first-order valence-corrected chi connectivity index (χ1v) is 15.2. The third kappa shape index (κ3) is 5.25. The van der Waals surface area contributed by atoms with Gasteiger partial charge in [0.2, 0.25) is 0 Å². The van der Waals surface area contributed by atoms with E-state index in [-0.39, 0.29) is 29.2 Å². The van der Waals surface area contributed by atoms with Gasteiger partial charge in [-0.25, -0.2) is 4.98 Å². The first-order chi connectivity index (χ1) is 21.6. The maximum atomic E-state index is 14.7. The average Bonchev–Trinajstić information content (AvgIpc) is 3.48. The van der Waals surface area contributed by atoms with Gasteiger partial charge in [0.25, 0.3) is 5.56 Å². The standard InChI is InChI=1S/C34H34N8O2/c1-40-19-8-13-26(40)22-44-34-38-30-29(32(39-34)41-20-18-36-25(21-41)16-17-35)37-31(24-10-3-2-4-11-24)42(33(30)43)28-15-7-12-23-9-5-6-14-27(23)28/h2-7,9-12,14-15,25-26,36H,8,13,16,18-22H2,1H3/t25-,26?/m0/s1. The molecule has 5 aromatic rings. The molecule has 2 atom stereocenters. The topological polar surface area (TPSA) is 112 Å². The van der Waals surface area contributed by atoms with Crippen molar-refractivity contribution in [1.29, 1.82) is 5.26 Å². The number of fused-ring (bicyclic) bond motifs is 2. The molecule has 2 aliphatic rings. The Labute approximate surface area is 255 Å². The summed E-state index contributed by atoms with van der Waals surface area (Å²) < 4.78 is 7.89. The van der Waals surface area contributed by atoms with Gasteiger partial charge in [0.05, 0.1) is 18.2 Å². The molecular weight excluding hydrogens is 552 g/mol. The van der Waals surface area contributed by atoms with Crippen molar-refractivity contribution < 1.29 is 4.74 Å². The monoisotopic (exact) mass is 586 g/mol. The van der Waals surface area contributed by atoms with E-state index in [1.54, 1.807) is 4.57 Å². The molecule has 222 valence electrons. The fourth-order valence-corrected chi connectivity index (χ4v) is 6.35. The number of anilines is 1. The van der Waals surface area contributed by atoms with E-state index in [2.05, 4.69) is 28.2 Å². The zero-order chi connectivity index (χ0) is 30.0. The van der Waals surface area contributed by atoms with Gasteiger partial charge in [-0.3, -0.25) is 9.36 Å². The molecule has 2 aliphatic heterocycles. The molecule has 4 heterocycles. The van der Waals surface area contributed by atoms with Gasteiger partial charge in [0.1, 0.15) is 17.9 Å². The van der Waals surface area contributed by atoms with Crippen LogP contribution >= 0.6 is 0 Å². The highest BCUT2D eigenvalue weighted by Gasteiger charge is 2.28. The second kappa shape index (κ2) is 12.0. The summed E-state index contributed by atoms with van der Waals surface area (Å²) in [6.45, 7) is 3.35. The molecule has 3 aromatic carbocycles. The van der Waals surface area contributed by atoms with Crippen LogP contribution in [0.4, 0.5) is 5.82 Å². The van der Waals surface area contributed by atoms with E-state index < -0.39 is 0 Å². The summed E-state index contributed by atoms with van der Waals surface area (Å²) in [7, 11) is 2.10. The molecule has 2 saturated heterocycles. The van der Waals surface area contributed by atoms with Crippen molar-refractivity contribution in [2.45, 2.75) is 31.3 Å². The SMILES string of the molecule is CN1CCCC1COc1nc(N2CCN[C@@H](CC#N)C2)c2nc(-c3ccccc3)n(-c3cccc4ccccc34)c(=O)c2n1. The van der Waals surface area contributed by atoms with Crippen LogP contribution in [-0.2, 0) is 0 Å². The summed E-state index contributed by atoms with van der Waals surface area (Å²) in [6, 6.07) is 26.4. The number of nitrogens with one attached hydrogen (secondary N) is 1. The van der Waals surface area contributed by atoms with Crippen molar-refractivity contribution >= 4 is 27.6 Å². The predicted octanol–water partition coefficient (Wildman–Crippen LogP) is 4.16. The molecule has 0 amide bonds. The van der Waals surface area contributed by atoms with E-state index in [4.69, 9.17) is 19.7 Å². The zero-order valence-electron chi connectivity index (χ0n) is 24.7. The minimum absolute atomic E-state index is 0.0279. The average molecular weight is 587 g/mol. The molecule has 10 heteroatoms. The normalized spacial score (nSPS) is 19.0. The molecule has 44 heavy (non-hydrogen) atoms. The second-order valence-corrected chi connectivity index (χ2v) is 11.5. The third-order valence-corrected chi connectivity index (χ3v) is 8.69. The van der Waals surface area contributed by atoms with E-state index in [0.717, 1.165) is 41.4 Å². The van der Waals surface area contributed by atoms with Crippen LogP contribution in [-0.4, -0.2) is 76.3 Å². The van der Waals surface area contributed by atoms with Gasteiger partial charge in [0.15, 0.2) is 11.3 Å². The molecule has 0 radical (unpaired) electrons. The summed E-state index contributed by atoms with van der Waals surface area (Å²) in [6.07, 6.45) is 2.53.